The van der Waals surface area contributed by atoms with Crippen molar-refractivity contribution in [3.63, 3.8) is 0 Å². The van der Waals surface area contributed by atoms with Gasteiger partial charge in [-0.05, 0) is 12.1 Å². The van der Waals surface area contributed by atoms with E-state index in [1.165, 1.54) is 18.3 Å². The lowest BCUT2D eigenvalue weighted by Gasteiger charge is -2.04. The van der Waals surface area contributed by atoms with Crippen molar-refractivity contribution in [1.82, 2.24) is 4.98 Å². The molecule has 0 atom stereocenters. The number of carbonyl (C=O) groups is 1. The molecule has 8 heteroatoms. The number of pyridine rings is 1. The number of hydrogen-bond acceptors (Lipinski definition) is 5. The lowest BCUT2D eigenvalue weighted by molar-refractivity contribution is 0.0697. The molecule has 0 unspecified atom stereocenters. The lowest BCUT2D eigenvalue weighted by Crippen LogP contribution is -2.22. The zero-order chi connectivity index (χ0) is 12.2. The fourth-order valence-electron chi connectivity index (χ4n) is 0.982. The molecule has 4 N–H and O–H groups in total. The summed E-state index contributed by atoms with van der Waals surface area (Å²) in [5.74, 6) is -1.02. The molecular formula is C8H11N3O4S. The Balaban J connectivity index is 2.61. The Labute approximate surface area is 92.4 Å². The van der Waals surface area contributed by atoms with E-state index in [1.54, 1.807) is 0 Å². The molecule has 0 amide bonds. The van der Waals surface area contributed by atoms with Crippen LogP contribution in [0.5, 0.6) is 0 Å². The molecule has 0 saturated carbocycles. The smallest absolute Gasteiger partial charge is 0.335 e. The molecule has 1 aromatic rings. The average Bonchev–Trinajstić information content (AvgIpc) is 2.16. The van der Waals surface area contributed by atoms with Gasteiger partial charge in [-0.15, -0.1) is 0 Å². The Morgan fingerprint density at radius 2 is 2.25 bits per heavy atom. The molecule has 0 fully saturated rings. The molecule has 0 radical (unpaired) electrons. The van der Waals surface area contributed by atoms with Crippen LogP contribution in [0.2, 0.25) is 0 Å². The SMILES string of the molecule is NS(=O)(=O)CCNc1cc(C(=O)O)ccn1. The summed E-state index contributed by atoms with van der Waals surface area (Å²) in [5.41, 5.74) is 0.0769. The van der Waals surface area contributed by atoms with Crippen LogP contribution in [-0.4, -0.2) is 36.8 Å². The van der Waals surface area contributed by atoms with Crippen LogP contribution in [0.4, 0.5) is 5.82 Å². The van der Waals surface area contributed by atoms with Gasteiger partial charge in [-0.3, -0.25) is 0 Å². The summed E-state index contributed by atoms with van der Waals surface area (Å²) in [4.78, 5) is 14.4. The zero-order valence-electron chi connectivity index (χ0n) is 8.25. The van der Waals surface area contributed by atoms with Gasteiger partial charge in [-0.2, -0.15) is 0 Å². The van der Waals surface area contributed by atoms with Gasteiger partial charge in [0.2, 0.25) is 10.0 Å². The minimum absolute atomic E-state index is 0.0769. The van der Waals surface area contributed by atoms with E-state index in [9.17, 15) is 13.2 Å². The number of primary sulfonamides is 1. The van der Waals surface area contributed by atoms with E-state index in [0.29, 0.717) is 5.82 Å². The predicted molar refractivity (Wildman–Crippen MR) is 57.7 cm³/mol. The summed E-state index contributed by atoms with van der Waals surface area (Å²) in [6, 6.07) is 2.65. The summed E-state index contributed by atoms with van der Waals surface area (Å²) in [7, 11) is -3.53. The summed E-state index contributed by atoms with van der Waals surface area (Å²) >= 11 is 0. The third-order valence-electron chi connectivity index (χ3n) is 1.70. The van der Waals surface area contributed by atoms with Crippen molar-refractivity contribution in [3.8, 4) is 0 Å². The van der Waals surface area contributed by atoms with Gasteiger partial charge in [0.1, 0.15) is 5.82 Å². The van der Waals surface area contributed by atoms with Crippen molar-refractivity contribution >= 4 is 21.8 Å². The number of carboxylic acids is 1. The summed E-state index contributed by atoms with van der Waals surface area (Å²) < 4.78 is 21.2. The highest BCUT2D eigenvalue weighted by atomic mass is 32.2. The van der Waals surface area contributed by atoms with Crippen molar-refractivity contribution in [2.24, 2.45) is 5.14 Å². The monoisotopic (exact) mass is 245 g/mol. The first-order valence-corrected chi connectivity index (χ1v) is 6.04. The van der Waals surface area contributed by atoms with Gasteiger partial charge in [0.15, 0.2) is 0 Å². The second-order valence-corrected chi connectivity index (χ2v) is 4.76. The molecule has 0 aromatic carbocycles. The van der Waals surface area contributed by atoms with Crippen LogP contribution in [0.15, 0.2) is 18.3 Å². The molecular weight excluding hydrogens is 234 g/mol. The molecule has 0 spiro atoms. The second kappa shape index (κ2) is 4.90. The third-order valence-corrected chi connectivity index (χ3v) is 2.47. The number of carboxylic acid groups (broad SMARTS) is 1. The van der Waals surface area contributed by atoms with Crippen LogP contribution in [0.25, 0.3) is 0 Å². The van der Waals surface area contributed by atoms with Crippen molar-refractivity contribution in [3.05, 3.63) is 23.9 Å². The molecule has 88 valence electrons. The topological polar surface area (TPSA) is 122 Å². The summed E-state index contributed by atoms with van der Waals surface area (Å²) in [6.07, 6.45) is 1.32. The van der Waals surface area contributed by atoms with Gasteiger partial charge in [-0.1, -0.05) is 0 Å². The molecule has 0 aliphatic heterocycles. The van der Waals surface area contributed by atoms with Gasteiger partial charge in [0.05, 0.1) is 11.3 Å². The van der Waals surface area contributed by atoms with E-state index < -0.39 is 16.0 Å². The maximum atomic E-state index is 10.6. The van der Waals surface area contributed by atoms with Crippen LogP contribution in [0, 0.1) is 0 Å². The highest BCUT2D eigenvalue weighted by Gasteiger charge is 2.05. The molecule has 1 aromatic heterocycles. The Kier molecular flexibility index (Phi) is 3.80. The highest BCUT2D eigenvalue weighted by molar-refractivity contribution is 7.89. The van der Waals surface area contributed by atoms with Gasteiger partial charge in [0, 0.05) is 12.7 Å². The molecule has 0 aliphatic rings. The quantitative estimate of drug-likeness (QED) is 0.641. The molecule has 7 nitrogen and oxygen atoms in total. The Bertz CT molecular complexity index is 486. The van der Waals surface area contributed by atoms with Crippen LogP contribution < -0.4 is 10.5 Å². The van der Waals surface area contributed by atoms with E-state index in [-0.39, 0.29) is 17.9 Å². The molecule has 0 bridgehead atoms. The molecule has 0 aliphatic carbocycles. The molecule has 16 heavy (non-hydrogen) atoms. The van der Waals surface area contributed by atoms with E-state index >= 15 is 0 Å². The maximum absolute atomic E-state index is 10.6. The number of nitrogens with zero attached hydrogens (tertiary/aromatic N) is 1. The Hall–Kier alpha value is -1.67. The number of anilines is 1. The Morgan fingerprint density at radius 3 is 2.81 bits per heavy atom. The van der Waals surface area contributed by atoms with E-state index in [0.717, 1.165) is 0 Å². The zero-order valence-corrected chi connectivity index (χ0v) is 9.07. The minimum atomic E-state index is -3.53. The first-order valence-electron chi connectivity index (χ1n) is 4.32. The number of nitrogens with one attached hydrogen (secondary N) is 1. The van der Waals surface area contributed by atoms with Crippen LogP contribution in [-0.2, 0) is 10.0 Å². The van der Waals surface area contributed by atoms with Crippen molar-refractivity contribution in [1.29, 1.82) is 0 Å². The van der Waals surface area contributed by atoms with Crippen molar-refractivity contribution in [2.75, 3.05) is 17.6 Å². The second-order valence-electron chi connectivity index (χ2n) is 3.03. The van der Waals surface area contributed by atoms with E-state index in [1.807, 2.05) is 0 Å². The van der Waals surface area contributed by atoms with Crippen molar-refractivity contribution in [2.45, 2.75) is 0 Å². The first kappa shape index (κ1) is 12.4. The predicted octanol–water partition coefficient (Wildman–Crippen LogP) is -0.520. The number of rotatable bonds is 5. The maximum Gasteiger partial charge on any atom is 0.335 e. The minimum Gasteiger partial charge on any atom is -0.478 e. The molecule has 1 rings (SSSR count). The van der Waals surface area contributed by atoms with Gasteiger partial charge in [0.25, 0.3) is 0 Å². The molecule has 1 heterocycles. The van der Waals surface area contributed by atoms with Gasteiger partial charge < -0.3 is 10.4 Å². The third kappa shape index (κ3) is 4.24. The summed E-state index contributed by atoms with van der Waals surface area (Å²) in [6.45, 7) is 0.0783. The van der Waals surface area contributed by atoms with Gasteiger partial charge >= 0.3 is 5.97 Å². The van der Waals surface area contributed by atoms with Crippen LogP contribution >= 0.6 is 0 Å². The number of aromatic nitrogens is 1. The number of nitrogens with two attached hydrogens (primary N) is 1. The normalized spacial score (nSPS) is 11.1. The van der Waals surface area contributed by atoms with Crippen LogP contribution in [0.3, 0.4) is 0 Å². The fourth-order valence-corrected chi connectivity index (χ4v) is 1.37. The standard InChI is InChI=1S/C8H11N3O4S/c9-16(14,15)4-3-11-7-5-6(8(12)13)1-2-10-7/h1-2,5H,3-4H2,(H,10,11)(H,12,13)(H2,9,14,15). The fraction of sp³-hybridized carbons (Fsp3) is 0.250. The number of hydrogen-bond donors (Lipinski definition) is 3. The largest absolute Gasteiger partial charge is 0.478 e. The molecule has 0 saturated heterocycles. The lowest BCUT2D eigenvalue weighted by atomic mass is 10.2. The summed E-state index contributed by atoms with van der Waals surface area (Å²) in [5, 5.41) is 16.2. The highest BCUT2D eigenvalue weighted by Crippen LogP contribution is 2.06. The number of sulfonamides is 1. The first-order chi connectivity index (χ1) is 7.38. The average molecular weight is 245 g/mol. The van der Waals surface area contributed by atoms with E-state index in [2.05, 4.69) is 10.3 Å². The Morgan fingerprint density at radius 1 is 1.56 bits per heavy atom. The van der Waals surface area contributed by atoms with E-state index in [4.69, 9.17) is 10.2 Å². The number of aromatic carboxylic acids is 1. The van der Waals surface area contributed by atoms with Crippen LogP contribution in [0.1, 0.15) is 10.4 Å². The van der Waals surface area contributed by atoms with Gasteiger partial charge in [-0.25, -0.2) is 23.3 Å². The van der Waals surface area contributed by atoms with Crippen molar-refractivity contribution < 1.29 is 18.3 Å².